The third-order valence-corrected chi connectivity index (χ3v) is 6.25. The first-order valence-corrected chi connectivity index (χ1v) is 10.5. The number of likely N-dealkylation sites (tertiary alicyclic amines) is 1. The van der Waals surface area contributed by atoms with Crippen LogP contribution >= 0.6 is 11.3 Å². The third kappa shape index (κ3) is 4.50. The number of piperidine rings is 1. The molecular formula is C22H29NO4S. The quantitative estimate of drug-likeness (QED) is 0.753. The van der Waals surface area contributed by atoms with E-state index in [9.17, 15) is 9.90 Å². The lowest BCUT2D eigenvalue weighted by atomic mass is 9.88. The number of benzene rings is 1. The summed E-state index contributed by atoms with van der Waals surface area (Å²) in [6.07, 6.45) is 1.20. The van der Waals surface area contributed by atoms with Crippen molar-refractivity contribution in [2.45, 2.75) is 26.2 Å². The second-order valence-electron chi connectivity index (χ2n) is 7.82. The molecule has 3 rings (SSSR count). The molecule has 0 aliphatic carbocycles. The molecule has 1 saturated heterocycles. The van der Waals surface area contributed by atoms with Crippen LogP contribution in [0.2, 0.25) is 0 Å². The zero-order chi connectivity index (χ0) is 20.3. The first-order chi connectivity index (χ1) is 13.4. The fourth-order valence-electron chi connectivity index (χ4n) is 4.31. The summed E-state index contributed by atoms with van der Waals surface area (Å²) in [4.78, 5) is 16.6. The average Bonchev–Trinajstić information content (AvgIpc) is 3.16. The van der Waals surface area contributed by atoms with Gasteiger partial charge in [0.15, 0.2) is 5.78 Å². The van der Waals surface area contributed by atoms with Crippen LogP contribution in [-0.2, 0) is 4.79 Å². The van der Waals surface area contributed by atoms with Crippen molar-refractivity contribution in [3.8, 4) is 17.2 Å². The van der Waals surface area contributed by atoms with Crippen molar-refractivity contribution in [2.24, 2.45) is 11.8 Å². The number of methoxy groups -OCH3 is 2. The molecule has 2 aromatic rings. The molecule has 3 atom stereocenters. The highest BCUT2D eigenvalue weighted by Crippen LogP contribution is 2.43. The molecule has 0 saturated carbocycles. The highest BCUT2D eigenvalue weighted by molar-refractivity contribution is 7.10. The van der Waals surface area contributed by atoms with E-state index in [1.807, 2.05) is 17.5 Å². The van der Waals surface area contributed by atoms with Gasteiger partial charge in [-0.1, -0.05) is 19.9 Å². The molecule has 152 valence electrons. The maximum atomic E-state index is 13.5. The van der Waals surface area contributed by atoms with Crippen LogP contribution in [0.4, 0.5) is 0 Å². The standard InChI is InChI=1S/C22H29NO4S/c1-14-8-15(2)12-23(11-14)13-18(25)22(20-6-5-7-28-20)21-17(24)9-16(26-3)10-19(21)27-4/h5-7,9-10,14-15,22,24H,8,11-13H2,1-4H3. The Balaban J connectivity index is 1.96. The van der Waals surface area contributed by atoms with Gasteiger partial charge < -0.3 is 14.6 Å². The van der Waals surface area contributed by atoms with Crippen molar-refractivity contribution >= 4 is 17.1 Å². The Morgan fingerprint density at radius 2 is 1.96 bits per heavy atom. The van der Waals surface area contributed by atoms with Crippen molar-refractivity contribution in [1.29, 1.82) is 0 Å². The molecule has 3 unspecified atom stereocenters. The van der Waals surface area contributed by atoms with Gasteiger partial charge in [0.1, 0.15) is 17.2 Å². The van der Waals surface area contributed by atoms with Crippen LogP contribution in [0.15, 0.2) is 29.6 Å². The van der Waals surface area contributed by atoms with Gasteiger partial charge in [-0.15, -0.1) is 11.3 Å². The van der Waals surface area contributed by atoms with Gasteiger partial charge in [0.25, 0.3) is 0 Å². The molecule has 0 amide bonds. The monoisotopic (exact) mass is 403 g/mol. The third-order valence-electron chi connectivity index (χ3n) is 5.31. The molecule has 1 aromatic carbocycles. The van der Waals surface area contributed by atoms with E-state index >= 15 is 0 Å². The van der Waals surface area contributed by atoms with Crippen molar-refractivity contribution in [3.63, 3.8) is 0 Å². The van der Waals surface area contributed by atoms with Crippen LogP contribution in [0.1, 0.15) is 36.6 Å². The topological polar surface area (TPSA) is 59.0 Å². The normalized spacial score (nSPS) is 21.3. The number of rotatable bonds is 7. The van der Waals surface area contributed by atoms with Crippen molar-refractivity contribution in [3.05, 3.63) is 40.1 Å². The summed E-state index contributed by atoms with van der Waals surface area (Å²) in [7, 11) is 3.08. The number of phenolic OH excluding ortho intramolecular Hbond substituents is 1. The zero-order valence-electron chi connectivity index (χ0n) is 17.0. The van der Waals surface area contributed by atoms with E-state index < -0.39 is 5.92 Å². The number of thiophene rings is 1. The summed E-state index contributed by atoms with van der Waals surface area (Å²) >= 11 is 1.52. The van der Waals surface area contributed by atoms with Gasteiger partial charge in [-0.25, -0.2) is 0 Å². The van der Waals surface area contributed by atoms with Crippen LogP contribution in [0.3, 0.4) is 0 Å². The number of carbonyl (C=O) groups is 1. The second kappa shape index (κ2) is 8.97. The molecule has 28 heavy (non-hydrogen) atoms. The van der Waals surface area contributed by atoms with E-state index in [4.69, 9.17) is 9.47 Å². The molecule has 1 N–H and O–H groups in total. The summed E-state index contributed by atoms with van der Waals surface area (Å²) in [5, 5.41) is 12.7. The predicted molar refractivity (Wildman–Crippen MR) is 112 cm³/mol. The van der Waals surface area contributed by atoms with E-state index in [1.165, 1.54) is 30.9 Å². The number of Topliss-reactive ketones (excluding diaryl/α,β-unsaturated/α-hetero) is 1. The fraction of sp³-hybridized carbons (Fsp3) is 0.500. The van der Waals surface area contributed by atoms with Crippen molar-refractivity contribution in [2.75, 3.05) is 33.9 Å². The van der Waals surface area contributed by atoms with Gasteiger partial charge in [0, 0.05) is 30.1 Å². The fourth-order valence-corrected chi connectivity index (χ4v) is 5.17. The molecule has 2 heterocycles. The predicted octanol–water partition coefficient (Wildman–Crippen LogP) is 4.15. The lowest BCUT2D eigenvalue weighted by Crippen LogP contribution is -2.42. The van der Waals surface area contributed by atoms with Crippen LogP contribution in [0.25, 0.3) is 0 Å². The van der Waals surface area contributed by atoms with Crippen LogP contribution in [0.5, 0.6) is 17.2 Å². The second-order valence-corrected chi connectivity index (χ2v) is 8.80. The summed E-state index contributed by atoms with van der Waals surface area (Å²) < 4.78 is 10.8. The van der Waals surface area contributed by atoms with E-state index in [0.717, 1.165) is 18.0 Å². The average molecular weight is 404 g/mol. The smallest absolute Gasteiger partial charge is 0.159 e. The van der Waals surface area contributed by atoms with Gasteiger partial charge in [-0.3, -0.25) is 9.69 Å². The molecule has 5 nitrogen and oxygen atoms in total. The molecule has 1 fully saturated rings. The van der Waals surface area contributed by atoms with Gasteiger partial charge in [0.05, 0.1) is 32.2 Å². The Labute approximate surface area is 170 Å². The molecule has 0 spiro atoms. The van der Waals surface area contributed by atoms with Gasteiger partial charge in [-0.2, -0.15) is 0 Å². The number of carbonyl (C=O) groups excluding carboxylic acids is 1. The Morgan fingerprint density at radius 1 is 1.25 bits per heavy atom. The van der Waals surface area contributed by atoms with E-state index in [1.54, 1.807) is 13.2 Å². The molecular weight excluding hydrogens is 374 g/mol. The van der Waals surface area contributed by atoms with Crippen molar-refractivity contribution < 1.29 is 19.4 Å². The maximum Gasteiger partial charge on any atom is 0.159 e. The molecule has 1 aliphatic rings. The van der Waals surface area contributed by atoms with E-state index in [-0.39, 0.29) is 11.5 Å². The van der Waals surface area contributed by atoms with Crippen LogP contribution in [-0.4, -0.2) is 49.6 Å². The molecule has 1 aromatic heterocycles. The minimum atomic E-state index is -0.562. The number of phenols is 1. The minimum Gasteiger partial charge on any atom is -0.507 e. The molecule has 6 heteroatoms. The highest BCUT2D eigenvalue weighted by Gasteiger charge is 2.32. The van der Waals surface area contributed by atoms with E-state index in [0.29, 0.717) is 35.4 Å². The Hall–Kier alpha value is -2.05. The molecule has 0 bridgehead atoms. The van der Waals surface area contributed by atoms with Gasteiger partial charge in [-0.05, 0) is 29.7 Å². The largest absolute Gasteiger partial charge is 0.507 e. The number of ketones is 1. The highest BCUT2D eigenvalue weighted by atomic mass is 32.1. The van der Waals surface area contributed by atoms with E-state index in [2.05, 4.69) is 18.7 Å². The lowest BCUT2D eigenvalue weighted by molar-refractivity contribution is -0.121. The first-order valence-electron chi connectivity index (χ1n) is 9.66. The van der Waals surface area contributed by atoms with Gasteiger partial charge >= 0.3 is 0 Å². The number of nitrogens with zero attached hydrogens (tertiary/aromatic N) is 1. The minimum absolute atomic E-state index is 0.0170. The van der Waals surface area contributed by atoms with Gasteiger partial charge in [0.2, 0.25) is 0 Å². The first kappa shape index (κ1) is 20.7. The van der Waals surface area contributed by atoms with Crippen LogP contribution in [0, 0.1) is 11.8 Å². The Kier molecular flexibility index (Phi) is 6.62. The summed E-state index contributed by atoms with van der Waals surface area (Å²) in [5.41, 5.74) is 0.508. The SMILES string of the molecule is COc1cc(O)c(C(C(=O)CN2CC(C)CC(C)C2)c2cccs2)c(OC)c1. The lowest BCUT2D eigenvalue weighted by Gasteiger charge is -2.35. The Morgan fingerprint density at radius 3 is 2.54 bits per heavy atom. The summed E-state index contributed by atoms with van der Waals surface area (Å²) in [6.45, 7) is 6.70. The number of ether oxygens (including phenoxy) is 2. The summed E-state index contributed by atoms with van der Waals surface area (Å²) in [5.74, 6) is 1.65. The molecule has 1 aliphatic heterocycles. The summed E-state index contributed by atoms with van der Waals surface area (Å²) in [6, 6.07) is 7.13. The number of hydrogen-bond acceptors (Lipinski definition) is 6. The maximum absolute atomic E-state index is 13.5. The molecule has 0 radical (unpaired) electrons. The Bertz CT molecular complexity index is 795. The number of hydrogen-bond donors (Lipinski definition) is 1. The number of aromatic hydroxyl groups is 1. The van der Waals surface area contributed by atoms with Crippen molar-refractivity contribution in [1.82, 2.24) is 4.90 Å². The zero-order valence-corrected chi connectivity index (χ0v) is 17.8. The van der Waals surface area contributed by atoms with Crippen LogP contribution < -0.4 is 9.47 Å².